The van der Waals surface area contributed by atoms with Crippen LogP contribution in [0.1, 0.15) is 77.7 Å². The quantitative estimate of drug-likeness (QED) is 0.333. The van der Waals surface area contributed by atoms with Gasteiger partial charge in [0.1, 0.15) is 5.69 Å². The second-order valence-electron chi connectivity index (χ2n) is 10.9. The monoisotopic (exact) mass is 572 g/mol. The van der Waals surface area contributed by atoms with Crippen LogP contribution in [0, 0.1) is 19.8 Å². The SMILES string of the molecule is CONC(=O)N(Cc1ccsc1)C1CCN([C@H](C)CCNC(=O)c2c(C)cc(C(=O)NCC(C)C)nc2C)CC1. The second kappa shape index (κ2) is 15.1. The van der Waals surface area contributed by atoms with E-state index in [1.54, 1.807) is 24.3 Å². The van der Waals surface area contributed by atoms with E-state index in [1.165, 1.54) is 7.11 Å². The van der Waals surface area contributed by atoms with Gasteiger partial charge in [0.15, 0.2) is 0 Å². The van der Waals surface area contributed by atoms with Crippen LogP contribution in [0.3, 0.4) is 0 Å². The van der Waals surface area contributed by atoms with Gasteiger partial charge in [0.2, 0.25) is 0 Å². The molecule has 0 radical (unpaired) electrons. The van der Waals surface area contributed by atoms with E-state index in [4.69, 9.17) is 4.84 Å². The molecular weight excluding hydrogens is 528 g/mol. The average Bonchev–Trinajstić information content (AvgIpc) is 3.43. The van der Waals surface area contributed by atoms with Crippen molar-refractivity contribution in [3.05, 3.63) is 51.0 Å². The molecule has 1 aliphatic heterocycles. The van der Waals surface area contributed by atoms with Crippen molar-refractivity contribution in [3.8, 4) is 0 Å². The van der Waals surface area contributed by atoms with Gasteiger partial charge in [-0.15, -0.1) is 0 Å². The molecule has 40 heavy (non-hydrogen) atoms. The van der Waals surface area contributed by atoms with Crippen molar-refractivity contribution in [1.29, 1.82) is 0 Å². The molecule has 2 aromatic rings. The zero-order valence-electron chi connectivity index (χ0n) is 24.6. The van der Waals surface area contributed by atoms with Gasteiger partial charge < -0.3 is 20.4 Å². The zero-order valence-corrected chi connectivity index (χ0v) is 25.4. The number of hydrogen-bond acceptors (Lipinski definition) is 7. The van der Waals surface area contributed by atoms with Gasteiger partial charge in [-0.1, -0.05) is 13.8 Å². The minimum atomic E-state index is -0.224. The van der Waals surface area contributed by atoms with Crippen molar-refractivity contribution in [2.45, 2.75) is 72.5 Å². The third kappa shape index (κ3) is 8.74. The maximum atomic E-state index is 13.0. The molecule has 0 unspecified atom stereocenters. The third-order valence-corrected chi connectivity index (χ3v) is 8.05. The summed E-state index contributed by atoms with van der Waals surface area (Å²) in [6, 6.07) is 3.92. The first kappa shape index (κ1) is 31.5. The first-order valence-corrected chi connectivity index (χ1v) is 14.9. The highest BCUT2D eigenvalue weighted by molar-refractivity contribution is 7.07. The predicted octanol–water partition coefficient (Wildman–Crippen LogP) is 3.89. The van der Waals surface area contributed by atoms with E-state index >= 15 is 0 Å². The van der Waals surface area contributed by atoms with Crippen LogP contribution in [0.25, 0.3) is 0 Å². The van der Waals surface area contributed by atoms with Gasteiger partial charge in [0.25, 0.3) is 11.8 Å². The topological polar surface area (TPSA) is 116 Å². The summed E-state index contributed by atoms with van der Waals surface area (Å²) in [5, 5.41) is 10.0. The highest BCUT2D eigenvalue weighted by Gasteiger charge is 2.30. The fourth-order valence-electron chi connectivity index (χ4n) is 5.07. The van der Waals surface area contributed by atoms with Crippen molar-refractivity contribution < 1.29 is 19.2 Å². The number of likely N-dealkylation sites (tertiary alicyclic amines) is 1. The Hall–Kier alpha value is -3.02. The number of nitrogens with one attached hydrogen (secondary N) is 3. The van der Waals surface area contributed by atoms with Crippen molar-refractivity contribution >= 4 is 29.2 Å². The van der Waals surface area contributed by atoms with E-state index in [2.05, 4.69) is 38.3 Å². The molecule has 2 aromatic heterocycles. The van der Waals surface area contributed by atoms with E-state index in [-0.39, 0.29) is 29.9 Å². The Balaban J connectivity index is 1.49. The number of carbonyl (C=O) groups excluding carboxylic acids is 3. The van der Waals surface area contributed by atoms with Crippen LogP contribution in [0.2, 0.25) is 0 Å². The Morgan fingerprint density at radius 2 is 1.88 bits per heavy atom. The maximum Gasteiger partial charge on any atom is 0.341 e. The van der Waals surface area contributed by atoms with Crippen LogP contribution in [0.15, 0.2) is 22.9 Å². The molecule has 10 nitrogen and oxygen atoms in total. The molecule has 0 spiro atoms. The molecule has 220 valence electrons. The predicted molar refractivity (Wildman–Crippen MR) is 157 cm³/mol. The molecule has 0 aromatic carbocycles. The summed E-state index contributed by atoms with van der Waals surface area (Å²) in [7, 11) is 1.45. The molecule has 0 aliphatic carbocycles. The lowest BCUT2D eigenvalue weighted by atomic mass is 10.0. The molecular formula is C29H44N6O4S. The van der Waals surface area contributed by atoms with Crippen molar-refractivity contribution in [3.63, 3.8) is 0 Å². The second-order valence-corrected chi connectivity index (χ2v) is 11.7. The number of aromatic nitrogens is 1. The first-order chi connectivity index (χ1) is 19.1. The van der Waals surface area contributed by atoms with E-state index in [9.17, 15) is 14.4 Å². The smallest absolute Gasteiger partial charge is 0.341 e. The summed E-state index contributed by atoms with van der Waals surface area (Å²) < 4.78 is 0. The number of pyridine rings is 1. The summed E-state index contributed by atoms with van der Waals surface area (Å²) in [4.78, 5) is 51.7. The number of urea groups is 1. The van der Waals surface area contributed by atoms with Crippen LogP contribution >= 0.6 is 11.3 Å². The molecule has 11 heteroatoms. The van der Waals surface area contributed by atoms with Crippen LogP contribution in [0.4, 0.5) is 4.79 Å². The minimum Gasteiger partial charge on any atom is -0.352 e. The lowest BCUT2D eigenvalue weighted by Crippen LogP contribution is -2.51. The Labute approximate surface area is 241 Å². The third-order valence-electron chi connectivity index (χ3n) is 7.32. The highest BCUT2D eigenvalue weighted by atomic mass is 32.1. The minimum absolute atomic E-state index is 0.132. The number of piperidine rings is 1. The van der Waals surface area contributed by atoms with Crippen molar-refractivity contribution in [1.82, 2.24) is 30.9 Å². The molecule has 4 amide bonds. The van der Waals surface area contributed by atoms with Gasteiger partial charge in [0, 0.05) is 44.8 Å². The van der Waals surface area contributed by atoms with E-state index in [0.717, 1.165) is 43.5 Å². The summed E-state index contributed by atoms with van der Waals surface area (Å²) in [6.45, 7) is 13.3. The van der Waals surface area contributed by atoms with Crippen LogP contribution in [0.5, 0.6) is 0 Å². The van der Waals surface area contributed by atoms with Crippen molar-refractivity contribution in [2.24, 2.45) is 5.92 Å². The summed E-state index contributed by atoms with van der Waals surface area (Å²) in [5.41, 5.74) is 5.73. The number of nitrogens with zero attached hydrogens (tertiary/aromatic N) is 3. The molecule has 1 aliphatic rings. The highest BCUT2D eigenvalue weighted by Crippen LogP contribution is 2.22. The van der Waals surface area contributed by atoms with Gasteiger partial charge in [-0.3, -0.25) is 14.4 Å². The molecule has 1 fully saturated rings. The molecule has 0 bridgehead atoms. The van der Waals surface area contributed by atoms with Crippen LogP contribution in [-0.4, -0.2) is 78.0 Å². The maximum absolute atomic E-state index is 13.0. The fraction of sp³-hybridized carbons (Fsp3) is 0.586. The molecule has 1 atom stereocenters. The van der Waals surface area contributed by atoms with Gasteiger partial charge in [-0.05, 0) is 80.0 Å². The van der Waals surface area contributed by atoms with Crippen LogP contribution in [-0.2, 0) is 11.4 Å². The molecule has 3 rings (SSSR count). The lowest BCUT2D eigenvalue weighted by molar-refractivity contribution is 0.0565. The summed E-state index contributed by atoms with van der Waals surface area (Å²) >= 11 is 1.62. The number of amides is 4. The number of thiophene rings is 1. The fourth-order valence-corrected chi connectivity index (χ4v) is 5.73. The van der Waals surface area contributed by atoms with Crippen molar-refractivity contribution in [2.75, 3.05) is 33.3 Å². The Morgan fingerprint density at radius 1 is 1.15 bits per heavy atom. The average molecular weight is 573 g/mol. The number of hydrogen-bond donors (Lipinski definition) is 3. The molecule has 3 heterocycles. The van der Waals surface area contributed by atoms with E-state index in [0.29, 0.717) is 42.5 Å². The number of aryl methyl sites for hydroxylation is 2. The Kier molecular flexibility index (Phi) is 11.9. The van der Waals surface area contributed by atoms with Gasteiger partial charge in [0.05, 0.1) is 18.4 Å². The summed E-state index contributed by atoms with van der Waals surface area (Å²) in [5.74, 6) is -0.0486. The Morgan fingerprint density at radius 3 is 2.48 bits per heavy atom. The summed E-state index contributed by atoms with van der Waals surface area (Å²) in [6.07, 6.45) is 2.55. The standard InChI is InChI=1S/C29H44N6O4S/c1-19(2)16-31-27(36)25-15-20(3)26(22(5)32-25)28(37)30-11-7-21(4)34-12-8-24(9-13-34)35(29(38)33-39-6)17-23-10-14-40-18-23/h10,14-15,18-19,21,24H,7-9,11-13,16-17H2,1-6H3,(H,30,37)(H,31,36)(H,33,38)/t21-/m1/s1. The van der Waals surface area contributed by atoms with E-state index < -0.39 is 0 Å². The zero-order chi connectivity index (χ0) is 29.2. The van der Waals surface area contributed by atoms with Crippen LogP contribution < -0.4 is 16.1 Å². The van der Waals surface area contributed by atoms with Gasteiger partial charge >= 0.3 is 6.03 Å². The van der Waals surface area contributed by atoms with Gasteiger partial charge in [-0.25, -0.2) is 15.3 Å². The first-order valence-electron chi connectivity index (χ1n) is 14.0. The lowest BCUT2D eigenvalue weighted by Gasteiger charge is -2.40. The number of hydroxylamine groups is 1. The molecule has 0 saturated carbocycles. The normalized spacial score (nSPS) is 15.1. The van der Waals surface area contributed by atoms with Gasteiger partial charge in [-0.2, -0.15) is 11.3 Å². The molecule has 1 saturated heterocycles. The van der Waals surface area contributed by atoms with E-state index in [1.807, 2.05) is 37.1 Å². The molecule has 3 N–H and O–H groups in total. The number of rotatable bonds is 12. The Bertz CT molecular complexity index is 1110. The largest absolute Gasteiger partial charge is 0.352 e. The number of carbonyl (C=O) groups is 3.